The average Bonchev–Trinajstić information content (AvgIpc) is 3.20. The summed E-state index contributed by atoms with van der Waals surface area (Å²) in [6, 6.07) is 0. The van der Waals surface area contributed by atoms with E-state index in [9.17, 15) is 4.55 Å². The van der Waals surface area contributed by atoms with Crippen LogP contribution in [-0.4, -0.2) is 52.0 Å². The van der Waals surface area contributed by atoms with Gasteiger partial charge in [0.2, 0.25) is 0 Å². The average molecular weight is 359 g/mol. The first-order valence-electron chi connectivity index (χ1n) is 9.05. The summed E-state index contributed by atoms with van der Waals surface area (Å²) in [4.78, 5) is 0. The Morgan fingerprint density at radius 2 is 2.04 bits per heavy atom. The van der Waals surface area contributed by atoms with E-state index in [0.29, 0.717) is 28.6 Å². The van der Waals surface area contributed by atoms with E-state index in [1.54, 1.807) is 0 Å². The zero-order valence-corrected chi connectivity index (χ0v) is 16.4. The van der Waals surface area contributed by atoms with Gasteiger partial charge in [0.25, 0.3) is 0 Å². The smallest absolute Gasteiger partial charge is 0.144 e. The van der Waals surface area contributed by atoms with Crippen LogP contribution in [0.1, 0.15) is 40.5 Å². The summed E-state index contributed by atoms with van der Waals surface area (Å²) in [5.74, 6) is 3.22. The third kappa shape index (κ3) is 2.61. The Morgan fingerprint density at radius 3 is 2.83 bits per heavy atom. The fourth-order valence-electron chi connectivity index (χ4n) is 5.25. The highest BCUT2D eigenvalue weighted by atomic mass is 32.2. The molecular weight excluding hydrogens is 328 g/mol. The van der Waals surface area contributed by atoms with Gasteiger partial charge in [0, 0.05) is 28.3 Å². The van der Waals surface area contributed by atoms with Gasteiger partial charge in [0.15, 0.2) is 0 Å². The van der Waals surface area contributed by atoms with Crippen molar-refractivity contribution in [2.75, 3.05) is 24.7 Å². The maximum absolute atomic E-state index is 12.5. The molecule has 0 aromatic heterocycles. The van der Waals surface area contributed by atoms with Gasteiger partial charge in [-0.2, -0.15) is 11.8 Å². The second-order valence-electron chi connectivity index (χ2n) is 9.06. The van der Waals surface area contributed by atoms with Crippen LogP contribution in [0.4, 0.5) is 0 Å². The molecule has 0 aliphatic carbocycles. The molecule has 4 aliphatic rings. The van der Waals surface area contributed by atoms with Gasteiger partial charge in [-0.25, -0.2) is 0 Å². The van der Waals surface area contributed by atoms with E-state index >= 15 is 0 Å². The summed E-state index contributed by atoms with van der Waals surface area (Å²) in [6.45, 7) is 11.1. The van der Waals surface area contributed by atoms with E-state index in [2.05, 4.69) is 39.5 Å². The summed E-state index contributed by atoms with van der Waals surface area (Å²) in [6.07, 6.45) is 2.81. The molecular formula is C18H30O3S2. The highest BCUT2D eigenvalue weighted by Gasteiger charge is 2.60. The zero-order valence-electron chi connectivity index (χ0n) is 14.7. The lowest BCUT2D eigenvalue weighted by Gasteiger charge is -2.35. The van der Waals surface area contributed by atoms with Crippen LogP contribution in [0.5, 0.6) is 0 Å². The lowest BCUT2D eigenvalue weighted by molar-refractivity contribution is -0.00598. The molecule has 0 spiro atoms. The van der Waals surface area contributed by atoms with Crippen molar-refractivity contribution in [1.29, 1.82) is 0 Å². The molecule has 23 heavy (non-hydrogen) atoms. The van der Waals surface area contributed by atoms with Gasteiger partial charge in [-0.15, -0.1) is 0 Å². The Balaban J connectivity index is 1.45. The largest absolute Gasteiger partial charge is 0.616 e. The van der Waals surface area contributed by atoms with Crippen molar-refractivity contribution >= 4 is 22.9 Å². The Morgan fingerprint density at radius 1 is 1.26 bits per heavy atom. The van der Waals surface area contributed by atoms with Crippen molar-refractivity contribution < 1.29 is 14.0 Å². The molecule has 5 heteroatoms. The molecule has 0 bridgehead atoms. The van der Waals surface area contributed by atoms with Crippen LogP contribution >= 0.6 is 11.8 Å². The third-order valence-corrected chi connectivity index (χ3v) is 10.9. The number of hydrogen-bond acceptors (Lipinski definition) is 4. The van der Waals surface area contributed by atoms with Gasteiger partial charge in [0.05, 0.1) is 19.3 Å². The van der Waals surface area contributed by atoms with E-state index < -0.39 is 11.2 Å². The molecule has 0 aromatic rings. The SMILES string of the molecule is CC(CC1COC2C1SCC2(C)C)C1(C)C[S+]([O-])C2CCOC21. The molecule has 8 atom stereocenters. The monoisotopic (exact) mass is 358 g/mol. The fraction of sp³-hybridized carbons (Fsp3) is 1.00. The summed E-state index contributed by atoms with van der Waals surface area (Å²) < 4.78 is 24.7. The standard InChI is InChI=1S/C18H30O3S2/c1-11(18(4)10-23(19)13-5-6-20-15(13)18)7-12-8-21-16-14(12)22-9-17(16,2)3/h11-16H,5-10H2,1-4H3. The Bertz CT molecular complexity index is 471. The molecule has 0 N–H and O–H groups in total. The second kappa shape index (κ2) is 5.80. The van der Waals surface area contributed by atoms with Crippen LogP contribution < -0.4 is 0 Å². The number of fused-ring (bicyclic) bond motifs is 2. The first-order valence-corrected chi connectivity index (χ1v) is 11.5. The van der Waals surface area contributed by atoms with Crippen LogP contribution in [0.3, 0.4) is 0 Å². The predicted octanol–water partition coefficient (Wildman–Crippen LogP) is 3.10. The number of thioether (sulfide) groups is 1. The van der Waals surface area contributed by atoms with Crippen molar-refractivity contribution in [3.63, 3.8) is 0 Å². The van der Waals surface area contributed by atoms with Gasteiger partial charge in [0.1, 0.15) is 17.1 Å². The van der Waals surface area contributed by atoms with Crippen LogP contribution in [0.2, 0.25) is 0 Å². The fourth-order valence-corrected chi connectivity index (χ4v) is 9.42. The predicted molar refractivity (Wildman–Crippen MR) is 96.3 cm³/mol. The molecule has 4 aliphatic heterocycles. The van der Waals surface area contributed by atoms with E-state index in [4.69, 9.17) is 9.47 Å². The van der Waals surface area contributed by atoms with Crippen LogP contribution in [-0.2, 0) is 20.6 Å². The maximum atomic E-state index is 12.5. The summed E-state index contributed by atoms with van der Waals surface area (Å²) in [7, 11) is 0. The molecule has 8 unspecified atom stereocenters. The van der Waals surface area contributed by atoms with Crippen LogP contribution in [0, 0.1) is 22.7 Å². The summed E-state index contributed by atoms with van der Waals surface area (Å²) >= 11 is 1.41. The molecule has 4 saturated heterocycles. The van der Waals surface area contributed by atoms with Crippen molar-refractivity contribution in [3.8, 4) is 0 Å². The molecule has 3 nitrogen and oxygen atoms in total. The normalized spacial score (nSPS) is 52.6. The highest BCUT2D eigenvalue weighted by Crippen LogP contribution is 2.54. The molecule has 0 saturated carbocycles. The summed E-state index contributed by atoms with van der Waals surface area (Å²) in [5, 5.41) is 0.943. The minimum absolute atomic E-state index is 0.0723. The number of ether oxygens (including phenoxy) is 2. The highest BCUT2D eigenvalue weighted by molar-refractivity contribution is 8.00. The van der Waals surface area contributed by atoms with E-state index in [-0.39, 0.29) is 16.8 Å². The quantitative estimate of drug-likeness (QED) is 0.727. The Hall–Kier alpha value is 0.580. The minimum Gasteiger partial charge on any atom is -0.616 e. The first-order chi connectivity index (χ1) is 10.8. The third-order valence-electron chi connectivity index (χ3n) is 6.93. The van der Waals surface area contributed by atoms with Gasteiger partial charge >= 0.3 is 0 Å². The van der Waals surface area contributed by atoms with Crippen molar-refractivity contribution in [1.82, 2.24) is 0 Å². The lowest BCUT2D eigenvalue weighted by atomic mass is 9.70. The van der Waals surface area contributed by atoms with Crippen molar-refractivity contribution in [2.24, 2.45) is 22.7 Å². The van der Waals surface area contributed by atoms with E-state index in [0.717, 1.165) is 25.4 Å². The maximum Gasteiger partial charge on any atom is 0.144 e. The van der Waals surface area contributed by atoms with Crippen LogP contribution in [0.15, 0.2) is 0 Å². The molecule has 4 rings (SSSR count). The van der Waals surface area contributed by atoms with E-state index in [1.165, 1.54) is 12.2 Å². The molecule has 132 valence electrons. The summed E-state index contributed by atoms with van der Waals surface area (Å²) in [5.41, 5.74) is 0.384. The minimum atomic E-state index is -0.700. The number of rotatable bonds is 3. The van der Waals surface area contributed by atoms with Crippen molar-refractivity contribution in [3.05, 3.63) is 0 Å². The van der Waals surface area contributed by atoms with Gasteiger partial charge in [-0.3, -0.25) is 0 Å². The van der Waals surface area contributed by atoms with Gasteiger partial charge in [-0.1, -0.05) is 27.7 Å². The second-order valence-corrected chi connectivity index (χ2v) is 11.9. The molecule has 4 heterocycles. The first kappa shape index (κ1) is 17.0. The Labute approximate surface area is 147 Å². The van der Waals surface area contributed by atoms with E-state index in [1.807, 2.05) is 0 Å². The lowest BCUT2D eigenvalue weighted by Crippen LogP contribution is -2.40. The zero-order chi connectivity index (χ0) is 16.4. The molecule has 0 amide bonds. The molecule has 0 aromatic carbocycles. The molecule has 0 radical (unpaired) electrons. The number of hydrogen-bond donors (Lipinski definition) is 0. The molecule has 4 fully saturated rings. The van der Waals surface area contributed by atoms with Gasteiger partial charge in [-0.05, 0) is 29.4 Å². The topological polar surface area (TPSA) is 41.5 Å². The Kier molecular flexibility index (Phi) is 4.29. The van der Waals surface area contributed by atoms with Gasteiger partial charge < -0.3 is 14.0 Å². The van der Waals surface area contributed by atoms with Crippen LogP contribution in [0.25, 0.3) is 0 Å². The van der Waals surface area contributed by atoms with Crippen molar-refractivity contribution in [2.45, 2.75) is 63.2 Å².